The Balaban J connectivity index is 1.70. The molecule has 1 spiro atoms. The van der Waals surface area contributed by atoms with Crippen LogP contribution in [0.1, 0.15) is 49.5 Å². The van der Waals surface area contributed by atoms with Gasteiger partial charge in [0.15, 0.2) is 0 Å². The van der Waals surface area contributed by atoms with Crippen LogP contribution in [-0.2, 0) is 6.54 Å². The van der Waals surface area contributed by atoms with Gasteiger partial charge in [0, 0.05) is 36.1 Å². The van der Waals surface area contributed by atoms with Gasteiger partial charge in [0.05, 0.1) is 0 Å². The number of hydrogen-bond acceptors (Lipinski definition) is 3. The Labute approximate surface area is 121 Å². The number of hydrogen-bond donors (Lipinski definition) is 1. The van der Waals surface area contributed by atoms with E-state index in [1.165, 1.54) is 44.2 Å². The molecule has 3 rings (SSSR count). The lowest BCUT2D eigenvalue weighted by Gasteiger charge is -2.49. The second-order valence-electron chi connectivity index (χ2n) is 6.50. The van der Waals surface area contributed by atoms with Crippen molar-refractivity contribution in [3.8, 4) is 0 Å². The average molecular weight is 278 g/mol. The topological polar surface area (TPSA) is 15.3 Å². The van der Waals surface area contributed by atoms with Crippen LogP contribution < -0.4 is 5.32 Å². The van der Waals surface area contributed by atoms with Crippen molar-refractivity contribution in [3.05, 3.63) is 21.9 Å². The van der Waals surface area contributed by atoms with Gasteiger partial charge >= 0.3 is 0 Å². The first kappa shape index (κ1) is 13.6. The molecule has 0 amide bonds. The second kappa shape index (κ2) is 5.55. The lowest BCUT2D eigenvalue weighted by molar-refractivity contribution is 0.0579. The lowest BCUT2D eigenvalue weighted by atomic mass is 9.79. The van der Waals surface area contributed by atoms with E-state index in [2.05, 4.69) is 35.5 Å². The molecule has 0 radical (unpaired) electrons. The van der Waals surface area contributed by atoms with E-state index in [0.717, 1.165) is 13.1 Å². The van der Waals surface area contributed by atoms with Crippen LogP contribution in [0, 0.1) is 6.92 Å². The van der Waals surface area contributed by atoms with Crippen molar-refractivity contribution in [2.24, 2.45) is 0 Å². The molecule has 1 N–H and O–H groups in total. The van der Waals surface area contributed by atoms with E-state index in [0.29, 0.717) is 11.6 Å². The minimum absolute atomic E-state index is 0.427. The van der Waals surface area contributed by atoms with Crippen LogP contribution in [0.4, 0.5) is 0 Å². The number of aryl methyl sites for hydroxylation is 1. The molecule has 0 aromatic carbocycles. The predicted molar refractivity (Wildman–Crippen MR) is 82.7 cm³/mol. The summed E-state index contributed by atoms with van der Waals surface area (Å²) in [7, 11) is 0. The van der Waals surface area contributed by atoms with E-state index < -0.39 is 0 Å². The van der Waals surface area contributed by atoms with E-state index in [9.17, 15) is 0 Å². The molecule has 0 bridgehead atoms. The molecule has 1 aromatic rings. The summed E-state index contributed by atoms with van der Waals surface area (Å²) in [6, 6.07) is 2.91. The first-order valence-electron chi connectivity index (χ1n) is 7.71. The van der Waals surface area contributed by atoms with E-state index in [1.54, 1.807) is 4.88 Å². The van der Waals surface area contributed by atoms with Gasteiger partial charge in [0.25, 0.3) is 0 Å². The van der Waals surface area contributed by atoms with Crippen molar-refractivity contribution in [1.29, 1.82) is 0 Å². The summed E-state index contributed by atoms with van der Waals surface area (Å²) in [6.45, 7) is 8.16. The fourth-order valence-corrected chi connectivity index (χ4v) is 4.55. The Morgan fingerprint density at radius 2 is 2.16 bits per heavy atom. The Hall–Kier alpha value is -0.380. The van der Waals surface area contributed by atoms with Crippen molar-refractivity contribution in [1.82, 2.24) is 10.2 Å². The van der Waals surface area contributed by atoms with Crippen molar-refractivity contribution < 1.29 is 0 Å². The molecule has 1 aliphatic carbocycles. The number of thiophene rings is 1. The minimum atomic E-state index is 0.427. The summed E-state index contributed by atoms with van der Waals surface area (Å²) in [4.78, 5) is 4.26. The highest BCUT2D eigenvalue weighted by molar-refractivity contribution is 7.10. The summed E-state index contributed by atoms with van der Waals surface area (Å²) in [5, 5.41) is 6.10. The molecule has 1 atom stereocenters. The molecule has 1 saturated heterocycles. The van der Waals surface area contributed by atoms with E-state index in [1.807, 2.05) is 11.3 Å². The van der Waals surface area contributed by atoms with Gasteiger partial charge < -0.3 is 5.32 Å². The van der Waals surface area contributed by atoms with Crippen LogP contribution in [0.5, 0.6) is 0 Å². The SMILES string of the molecule is Cc1ccsc1CN1CC2(CCCCC2)NCC1C. The third kappa shape index (κ3) is 2.88. The molecule has 2 nitrogen and oxygen atoms in total. The maximum absolute atomic E-state index is 3.87. The Morgan fingerprint density at radius 1 is 1.37 bits per heavy atom. The van der Waals surface area contributed by atoms with Gasteiger partial charge in [0.2, 0.25) is 0 Å². The third-order valence-corrected chi connectivity index (χ3v) is 6.03. The predicted octanol–water partition coefficient (Wildman–Crippen LogP) is 3.55. The highest BCUT2D eigenvalue weighted by Crippen LogP contribution is 2.33. The molecule has 2 fully saturated rings. The third-order valence-electron chi connectivity index (χ3n) is 5.03. The molecule has 106 valence electrons. The Kier molecular flexibility index (Phi) is 3.97. The fourth-order valence-electron chi connectivity index (χ4n) is 3.62. The zero-order valence-electron chi connectivity index (χ0n) is 12.2. The van der Waals surface area contributed by atoms with Crippen molar-refractivity contribution in [3.63, 3.8) is 0 Å². The highest BCUT2D eigenvalue weighted by atomic mass is 32.1. The smallest absolute Gasteiger partial charge is 0.0334 e. The van der Waals surface area contributed by atoms with Crippen molar-refractivity contribution in [2.45, 2.75) is 64.1 Å². The number of nitrogens with one attached hydrogen (secondary N) is 1. The van der Waals surface area contributed by atoms with Gasteiger partial charge in [0.1, 0.15) is 0 Å². The molecule has 1 aliphatic heterocycles. The van der Waals surface area contributed by atoms with Crippen LogP contribution in [0.2, 0.25) is 0 Å². The highest BCUT2D eigenvalue weighted by Gasteiger charge is 2.38. The van der Waals surface area contributed by atoms with Gasteiger partial charge in [-0.25, -0.2) is 0 Å². The number of rotatable bonds is 2. The largest absolute Gasteiger partial charge is 0.308 e. The van der Waals surface area contributed by atoms with Crippen LogP contribution in [0.15, 0.2) is 11.4 Å². The van der Waals surface area contributed by atoms with E-state index in [4.69, 9.17) is 0 Å². The second-order valence-corrected chi connectivity index (χ2v) is 7.50. The quantitative estimate of drug-likeness (QED) is 0.890. The summed E-state index contributed by atoms with van der Waals surface area (Å²) >= 11 is 1.92. The molecule has 19 heavy (non-hydrogen) atoms. The summed E-state index contributed by atoms with van der Waals surface area (Å²) in [6.07, 6.45) is 7.00. The number of piperazine rings is 1. The molecule has 1 unspecified atom stereocenters. The lowest BCUT2D eigenvalue weighted by Crippen LogP contribution is -2.63. The van der Waals surface area contributed by atoms with Crippen LogP contribution in [0.25, 0.3) is 0 Å². The molecule has 2 heterocycles. The zero-order valence-corrected chi connectivity index (χ0v) is 13.1. The monoisotopic (exact) mass is 278 g/mol. The molecular formula is C16H26N2S. The van der Waals surface area contributed by atoms with E-state index in [-0.39, 0.29) is 0 Å². The van der Waals surface area contributed by atoms with Gasteiger partial charge in [-0.15, -0.1) is 11.3 Å². The first-order chi connectivity index (χ1) is 9.19. The maximum atomic E-state index is 3.87. The van der Waals surface area contributed by atoms with Crippen LogP contribution in [0.3, 0.4) is 0 Å². The van der Waals surface area contributed by atoms with Gasteiger partial charge in [-0.05, 0) is 43.7 Å². The molecule has 1 aromatic heterocycles. The van der Waals surface area contributed by atoms with Crippen LogP contribution in [-0.4, -0.2) is 29.6 Å². The van der Waals surface area contributed by atoms with Crippen molar-refractivity contribution >= 4 is 11.3 Å². The number of nitrogens with zero attached hydrogens (tertiary/aromatic N) is 1. The standard InChI is InChI=1S/C16H26N2S/c1-13-6-9-19-15(13)11-18-12-16(17-10-14(18)2)7-4-3-5-8-16/h6,9,14,17H,3-5,7-8,10-12H2,1-2H3. The molecular weight excluding hydrogens is 252 g/mol. The maximum Gasteiger partial charge on any atom is 0.0334 e. The van der Waals surface area contributed by atoms with Gasteiger partial charge in [-0.3, -0.25) is 4.90 Å². The Bertz CT molecular complexity index is 420. The molecule has 1 saturated carbocycles. The van der Waals surface area contributed by atoms with Crippen molar-refractivity contribution in [2.75, 3.05) is 13.1 Å². The average Bonchev–Trinajstić information content (AvgIpc) is 2.81. The van der Waals surface area contributed by atoms with Gasteiger partial charge in [-0.1, -0.05) is 19.3 Å². The molecule has 3 heteroatoms. The zero-order chi connectivity index (χ0) is 13.3. The minimum Gasteiger partial charge on any atom is -0.308 e. The molecule has 2 aliphatic rings. The fraction of sp³-hybridized carbons (Fsp3) is 0.750. The normalized spacial score (nSPS) is 27.8. The van der Waals surface area contributed by atoms with E-state index >= 15 is 0 Å². The van der Waals surface area contributed by atoms with Gasteiger partial charge in [-0.2, -0.15) is 0 Å². The van der Waals surface area contributed by atoms with Crippen LogP contribution >= 0.6 is 11.3 Å². The first-order valence-corrected chi connectivity index (χ1v) is 8.59. The summed E-state index contributed by atoms with van der Waals surface area (Å²) in [5.74, 6) is 0. The Morgan fingerprint density at radius 3 is 2.84 bits per heavy atom. The summed E-state index contributed by atoms with van der Waals surface area (Å²) < 4.78 is 0. The summed E-state index contributed by atoms with van der Waals surface area (Å²) in [5.41, 5.74) is 1.89.